The van der Waals surface area contributed by atoms with Crippen molar-refractivity contribution in [1.29, 1.82) is 5.26 Å². The Labute approximate surface area is 261 Å². The van der Waals surface area contributed by atoms with Crippen LogP contribution in [-0.4, -0.2) is 49.7 Å². The van der Waals surface area contributed by atoms with Crippen molar-refractivity contribution >= 4 is 28.6 Å². The molecule has 1 N–H and O–H groups in total. The van der Waals surface area contributed by atoms with Crippen LogP contribution in [0.1, 0.15) is 54.0 Å². The maximum absolute atomic E-state index is 15.0. The van der Waals surface area contributed by atoms with Crippen LogP contribution in [0.2, 0.25) is 5.02 Å². The molecule has 1 aliphatic carbocycles. The quantitative estimate of drug-likeness (QED) is 0.197. The summed E-state index contributed by atoms with van der Waals surface area (Å²) in [7, 11) is 0. The molecule has 1 aliphatic heterocycles. The summed E-state index contributed by atoms with van der Waals surface area (Å²) in [6.07, 6.45) is 3.17. The van der Waals surface area contributed by atoms with Gasteiger partial charge in [-0.3, -0.25) is 4.90 Å². The molecule has 45 heavy (non-hydrogen) atoms. The zero-order valence-corrected chi connectivity index (χ0v) is 24.9. The summed E-state index contributed by atoms with van der Waals surface area (Å²) in [5.41, 5.74) is 0.119. The number of fused-ring (bicyclic) bond motifs is 1. The smallest absolute Gasteiger partial charge is 0.335 e. The molecular formula is C32H29ClF3N5O4. The molecule has 1 saturated heterocycles. The number of ether oxygens (including phenoxy) is 2. The highest BCUT2D eigenvalue weighted by Gasteiger charge is 2.43. The van der Waals surface area contributed by atoms with Crippen molar-refractivity contribution in [3.8, 4) is 17.7 Å². The molecule has 0 bridgehead atoms. The number of carboxylic acids is 1. The molecule has 2 fully saturated rings. The van der Waals surface area contributed by atoms with Gasteiger partial charge in [0, 0.05) is 42.6 Å². The maximum Gasteiger partial charge on any atom is 0.335 e. The van der Waals surface area contributed by atoms with Crippen molar-refractivity contribution in [2.75, 3.05) is 13.1 Å². The van der Waals surface area contributed by atoms with Crippen molar-refractivity contribution in [2.24, 2.45) is 5.41 Å². The van der Waals surface area contributed by atoms with Crippen molar-refractivity contribution in [2.45, 2.75) is 57.9 Å². The Bertz CT molecular complexity index is 1800. The summed E-state index contributed by atoms with van der Waals surface area (Å²) in [5, 5.41) is 19.1. The predicted octanol–water partition coefficient (Wildman–Crippen LogP) is 6.52. The van der Waals surface area contributed by atoms with Crippen LogP contribution in [0.15, 0.2) is 42.5 Å². The summed E-state index contributed by atoms with van der Waals surface area (Å²) in [4.78, 5) is 22.6. The second-order valence-corrected chi connectivity index (χ2v) is 12.1. The van der Waals surface area contributed by atoms with Gasteiger partial charge in [-0.05, 0) is 62.1 Å². The van der Waals surface area contributed by atoms with Crippen LogP contribution in [-0.2, 0) is 19.7 Å². The van der Waals surface area contributed by atoms with Gasteiger partial charge in [0.15, 0.2) is 17.4 Å². The molecule has 2 aromatic heterocycles. The number of carboxylic acid groups (broad SMARTS) is 1. The third-order valence-electron chi connectivity index (χ3n) is 8.38. The first-order valence-corrected chi connectivity index (χ1v) is 14.9. The van der Waals surface area contributed by atoms with Gasteiger partial charge in [-0.15, -0.1) is 0 Å². The average Bonchev–Trinajstić information content (AvgIpc) is 3.68. The molecule has 234 valence electrons. The van der Waals surface area contributed by atoms with E-state index in [-0.39, 0.29) is 51.6 Å². The molecule has 0 amide bonds. The van der Waals surface area contributed by atoms with Crippen LogP contribution in [0.3, 0.4) is 0 Å². The largest absolute Gasteiger partial charge is 0.484 e. The number of hydrogen-bond acceptors (Lipinski definition) is 7. The molecule has 6 rings (SSSR count). The Morgan fingerprint density at radius 3 is 2.53 bits per heavy atom. The number of aromatic carboxylic acids is 1. The van der Waals surface area contributed by atoms with Crippen LogP contribution in [0.4, 0.5) is 13.2 Å². The minimum atomic E-state index is -1.23. The van der Waals surface area contributed by atoms with Crippen LogP contribution in [0, 0.1) is 34.2 Å². The van der Waals surface area contributed by atoms with Gasteiger partial charge in [0.25, 0.3) is 0 Å². The Hall–Kier alpha value is -4.34. The van der Waals surface area contributed by atoms with E-state index in [0.29, 0.717) is 56.8 Å². The lowest BCUT2D eigenvalue weighted by Crippen LogP contribution is -2.38. The molecule has 13 heteroatoms. The fourth-order valence-electron chi connectivity index (χ4n) is 5.65. The fraction of sp³-hybridized carbons (Fsp3) is 0.375. The summed E-state index contributed by atoms with van der Waals surface area (Å²) in [6, 6.07) is 11.3. The Kier molecular flexibility index (Phi) is 8.57. The first-order chi connectivity index (χ1) is 21.6. The van der Waals surface area contributed by atoms with Crippen molar-refractivity contribution in [3.05, 3.63) is 82.0 Å². The molecule has 2 aromatic carbocycles. The van der Waals surface area contributed by atoms with Gasteiger partial charge in [-0.1, -0.05) is 11.6 Å². The van der Waals surface area contributed by atoms with Crippen molar-refractivity contribution in [3.63, 3.8) is 0 Å². The van der Waals surface area contributed by atoms with Gasteiger partial charge in [0.1, 0.15) is 35.6 Å². The first kappa shape index (κ1) is 30.7. The molecule has 2 aliphatic rings. The molecule has 0 atom stereocenters. The lowest BCUT2D eigenvalue weighted by Gasteiger charge is -2.32. The molecule has 0 unspecified atom stereocenters. The molecule has 4 aromatic rings. The number of rotatable bonds is 11. The van der Waals surface area contributed by atoms with Gasteiger partial charge in [0.05, 0.1) is 23.7 Å². The number of nitrogens with zero attached hydrogens (tertiary/aromatic N) is 5. The fourth-order valence-corrected chi connectivity index (χ4v) is 5.81. The third-order valence-corrected chi connectivity index (χ3v) is 8.61. The van der Waals surface area contributed by atoms with E-state index in [1.807, 2.05) is 4.57 Å². The van der Waals surface area contributed by atoms with E-state index < -0.39 is 23.4 Å². The lowest BCUT2D eigenvalue weighted by atomic mass is 10.0. The zero-order chi connectivity index (χ0) is 31.7. The number of imidazole rings is 1. The van der Waals surface area contributed by atoms with Crippen molar-refractivity contribution < 1.29 is 32.5 Å². The highest BCUT2D eigenvalue weighted by Crippen LogP contribution is 2.50. The highest BCUT2D eigenvalue weighted by molar-refractivity contribution is 6.30. The second-order valence-electron chi connectivity index (χ2n) is 11.6. The molecule has 0 spiro atoms. The molecule has 0 radical (unpaired) electrons. The van der Waals surface area contributed by atoms with E-state index >= 15 is 0 Å². The van der Waals surface area contributed by atoms with Gasteiger partial charge < -0.3 is 19.1 Å². The SMILES string of the molecule is N#CCC1(Cn2c(CN3CCC(Oc4ccc(F)c(COc5ccc(Cl)cc5F)n4)CC3)nc3c(F)cc(C(=O)O)cc32)CC1. The minimum Gasteiger partial charge on any atom is -0.484 e. The Morgan fingerprint density at radius 2 is 1.84 bits per heavy atom. The van der Waals surface area contributed by atoms with Crippen LogP contribution >= 0.6 is 11.6 Å². The van der Waals surface area contributed by atoms with Gasteiger partial charge in [-0.25, -0.2) is 27.9 Å². The van der Waals surface area contributed by atoms with Crippen LogP contribution < -0.4 is 9.47 Å². The van der Waals surface area contributed by atoms with Gasteiger partial charge in [-0.2, -0.15) is 5.26 Å². The predicted molar refractivity (Wildman–Crippen MR) is 157 cm³/mol. The number of hydrogen-bond donors (Lipinski definition) is 1. The normalized spacial score (nSPS) is 16.4. The van der Waals surface area contributed by atoms with Crippen LogP contribution in [0.25, 0.3) is 11.0 Å². The molecular weight excluding hydrogens is 611 g/mol. The number of piperidine rings is 1. The summed E-state index contributed by atoms with van der Waals surface area (Å²) in [6.45, 7) is 1.83. The summed E-state index contributed by atoms with van der Waals surface area (Å²) < 4.78 is 56.8. The van der Waals surface area contributed by atoms with Crippen molar-refractivity contribution in [1.82, 2.24) is 19.4 Å². The average molecular weight is 640 g/mol. The maximum atomic E-state index is 15.0. The number of benzene rings is 2. The third kappa shape index (κ3) is 6.84. The zero-order valence-electron chi connectivity index (χ0n) is 24.1. The van der Waals surface area contributed by atoms with E-state index in [4.69, 9.17) is 21.1 Å². The summed E-state index contributed by atoms with van der Waals surface area (Å²) >= 11 is 5.77. The Morgan fingerprint density at radius 1 is 1.07 bits per heavy atom. The monoisotopic (exact) mass is 639 g/mol. The van der Waals surface area contributed by atoms with Crippen LogP contribution in [0.5, 0.6) is 11.6 Å². The number of nitriles is 1. The number of aromatic nitrogens is 3. The van der Waals surface area contributed by atoms with E-state index in [1.54, 1.807) is 0 Å². The first-order valence-electron chi connectivity index (χ1n) is 14.5. The Balaban J connectivity index is 1.12. The van der Waals surface area contributed by atoms with E-state index in [1.165, 1.54) is 30.3 Å². The van der Waals surface area contributed by atoms with E-state index in [9.17, 15) is 28.3 Å². The topological polar surface area (TPSA) is 114 Å². The number of halogens is 4. The molecule has 3 heterocycles. The summed E-state index contributed by atoms with van der Waals surface area (Å²) in [5.74, 6) is -2.44. The second kappa shape index (κ2) is 12.6. The van der Waals surface area contributed by atoms with Gasteiger partial charge in [0.2, 0.25) is 5.88 Å². The lowest BCUT2D eigenvalue weighted by molar-refractivity contribution is 0.0696. The highest BCUT2D eigenvalue weighted by atomic mass is 35.5. The standard InChI is InChI=1S/C32H29ClF3N5O4/c33-20-1-3-27(23(35)15-20)44-17-25-22(34)2-4-29(38-25)45-21-5-11-40(12-6-21)16-28-39-30-24(36)13-19(31(42)43)14-26(30)41(28)18-32(7-8-32)9-10-37/h1-4,13-15,21H,5-9,11-12,16-18H2,(H,42,43). The van der Waals surface area contributed by atoms with Gasteiger partial charge >= 0.3 is 5.97 Å². The van der Waals surface area contributed by atoms with E-state index in [2.05, 4.69) is 20.9 Å². The van der Waals surface area contributed by atoms with E-state index in [0.717, 1.165) is 25.0 Å². The minimum absolute atomic E-state index is 0.0266. The molecule has 1 saturated carbocycles. The number of pyridine rings is 1. The number of likely N-dealkylation sites (tertiary alicyclic amines) is 1. The number of carbonyl (C=O) groups is 1. The molecule has 9 nitrogen and oxygen atoms in total.